The fourth-order valence-electron chi connectivity index (χ4n) is 3.03. The number of hydrogen-bond acceptors (Lipinski definition) is 1. The Kier molecular flexibility index (Phi) is 2.39. The third-order valence-electron chi connectivity index (χ3n) is 4.49. The number of piperidine rings is 1. The van der Waals surface area contributed by atoms with E-state index in [1.807, 2.05) is 0 Å². The van der Waals surface area contributed by atoms with Gasteiger partial charge in [-0.05, 0) is 51.0 Å². The molecule has 0 amide bonds. The molecule has 1 heterocycles. The van der Waals surface area contributed by atoms with Gasteiger partial charge in [-0.15, -0.1) is 0 Å². The fraction of sp³-hybridized carbons (Fsp3) is 1.00. The van der Waals surface area contributed by atoms with Crippen LogP contribution < -0.4 is 0 Å². The highest BCUT2D eigenvalue weighted by molar-refractivity contribution is 4.97. The van der Waals surface area contributed by atoms with Crippen molar-refractivity contribution >= 4 is 0 Å². The monoisotopic (exact) mass is 181 g/mol. The van der Waals surface area contributed by atoms with Crippen LogP contribution in [0.2, 0.25) is 0 Å². The van der Waals surface area contributed by atoms with Crippen molar-refractivity contribution < 1.29 is 0 Å². The molecule has 1 saturated carbocycles. The molecule has 0 bridgehead atoms. The molecule has 1 aliphatic heterocycles. The zero-order chi connectivity index (χ0) is 9.47. The van der Waals surface area contributed by atoms with Crippen LogP contribution in [0.15, 0.2) is 0 Å². The second-order valence-corrected chi connectivity index (χ2v) is 5.47. The van der Waals surface area contributed by atoms with Crippen LogP contribution >= 0.6 is 0 Å². The zero-order valence-electron chi connectivity index (χ0n) is 9.34. The topological polar surface area (TPSA) is 3.24 Å². The molecule has 1 heteroatoms. The standard InChI is InChI=1S/C12H23N/c1-10(2)13-8-5-11(3)12(9-13)6-4-7-12/h10-11H,4-9H2,1-3H3. The van der Waals surface area contributed by atoms with Crippen molar-refractivity contribution in [2.24, 2.45) is 11.3 Å². The molecule has 0 radical (unpaired) electrons. The van der Waals surface area contributed by atoms with Crippen molar-refractivity contribution in [2.45, 2.75) is 52.5 Å². The average molecular weight is 181 g/mol. The normalized spacial score (nSPS) is 33.7. The maximum Gasteiger partial charge on any atom is 0.00432 e. The first-order valence-electron chi connectivity index (χ1n) is 5.88. The Morgan fingerprint density at radius 1 is 1.31 bits per heavy atom. The Bertz CT molecular complexity index is 182. The summed E-state index contributed by atoms with van der Waals surface area (Å²) in [7, 11) is 0. The third-order valence-corrected chi connectivity index (χ3v) is 4.49. The van der Waals surface area contributed by atoms with Gasteiger partial charge in [0.2, 0.25) is 0 Å². The number of rotatable bonds is 1. The van der Waals surface area contributed by atoms with Crippen LogP contribution in [0.1, 0.15) is 46.5 Å². The lowest BCUT2D eigenvalue weighted by Gasteiger charge is -2.54. The van der Waals surface area contributed by atoms with Crippen LogP contribution in [0.3, 0.4) is 0 Å². The van der Waals surface area contributed by atoms with Crippen LogP contribution in [-0.2, 0) is 0 Å². The van der Waals surface area contributed by atoms with Crippen molar-refractivity contribution in [3.8, 4) is 0 Å². The molecule has 1 unspecified atom stereocenters. The second-order valence-electron chi connectivity index (χ2n) is 5.47. The van der Waals surface area contributed by atoms with E-state index in [-0.39, 0.29) is 0 Å². The van der Waals surface area contributed by atoms with Gasteiger partial charge in [0.15, 0.2) is 0 Å². The summed E-state index contributed by atoms with van der Waals surface area (Å²) in [5, 5.41) is 0. The molecule has 1 spiro atoms. The van der Waals surface area contributed by atoms with Crippen molar-refractivity contribution in [1.29, 1.82) is 0 Å². The first kappa shape index (κ1) is 9.51. The zero-order valence-corrected chi connectivity index (χ0v) is 9.34. The van der Waals surface area contributed by atoms with Gasteiger partial charge in [-0.2, -0.15) is 0 Å². The van der Waals surface area contributed by atoms with Gasteiger partial charge >= 0.3 is 0 Å². The van der Waals surface area contributed by atoms with Crippen LogP contribution in [0, 0.1) is 11.3 Å². The Morgan fingerprint density at radius 2 is 2.00 bits per heavy atom. The highest BCUT2D eigenvalue weighted by atomic mass is 15.2. The van der Waals surface area contributed by atoms with E-state index in [9.17, 15) is 0 Å². The summed E-state index contributed by atoms with van der Waals surface area (Å²) in [6, 6.07) is 0.755. The van der Waals surface area contributed by atoms with Gasteiger partial charge in [-0.1, -0.05) is 13.3 Å². The van der Waals surface area contributed by atoms with Crippen LogP contribution in [0.25, 0.3) is 0 Å². The van der Waals surface area contributed by atoms with Crippen molar-refractivity contribution in [3.63, 3.8) is 0 Å². The third kappa shape index (κ3) is 1.52. The summed E-state index contributed by atoms with van der Waals surface area (Å²) in [6.07, 6.45) is 5.91. The summed E-state index contributed by atoms with van der Waals surface area (Å²) in [5.41, 5.74) is 0.739. The highest BCUT2D eigenvalue weighted by Gasteiger charge is 2.45. The van der Waals surface area contributed by atoms with Gasteiger partial charge in [0.05, 0.1) is 0 Å². The van der Waals surface area contributed by atoms with Gasteiger partial charge in [-0.25, -0.2) is 0 Å². The lowest BCUT2D eigenvalue weighted by Crippen LogP contribution is -2.53. The number of nitrogens with zero attached hydrogens (tertiary/aromatic N) is 1. The summed E-state index contributed by atoms with van der Waals surface area (Å²) < 4.78 is 0. The lowest BCUT2D eigenvalue weighted by atomic mass is 9.59. The fourth-order valence-corrected chi connectivity index (χ4v) is 3.03. The minimum Gasteiger partial charge on any atom is -0.300 e. The molecule has 1 aliphatic carbocycles. The molecule has 76 valence electrons. The van der Waals surface area contributed by atoms with E-state index >= 15 is 0 Å². The molecule has 0 aromatic heterocycles. The number of hydrogen-bond donors (Lipinski definition) is 0. The molecule has 1 atom stereocenters. The molecular weight excluding hydrogens is 158 g/mol. The van der Waals surface area contributed by atoms with Gasteiger partial charge in [0.1, 0.15) is 0 Å². The molecule has 0 aromatic carbocycles. The van der Waals surface area contributed by atoms with Crippen LogP contribution in [0.5, 0.6) is 0 Å². The van der Waals surface area contributed by atoms with Gasteiger partial charge in [-0.3, -0.25) is 0 Å². The lowest BCUT2D eigenvalue weighted by molar-refractivity contribution is -0.0388. The van der Waals surface area contributed by atoms with E-state index < -0.39 is 0 Å². The smallest absolute Gasteiger partial charge is 0.00432 e. The van der Waals surface area contributed by atoms with E-state index in [4.69, 9.17) is 0 Å². The molecule has 0 aromatic rings. The summed E-state index contributed by atoms with van der Waals surface area (Å²) in [6.45, 7) is 9.86. The van der Waals surface area contributed by atoms with E-state index in [1.165, 1.54) is 38.8 Å². The summed E-state index contributed by atoms with van der Waals surface area (Å²) >= 11 is 0. The summed E-state index contributed by atoms with van der Waals surface area (Å²) in [4.78, 5) is 2.68. The van der Waals surface area contributed by atoms with E-state index in [0.717, 1.165) is 17.4 Å². The molecule has 0 N–H and O–H groups in total. The largest absolute Gasteiger partial charge is 0.300 e. The predicted octanol–water partition coefficient (Wildman–Crippen LogP) is 2.91. The highest BCUT2D eigenvalue weighted by Crippen LogP contribution is 2.51. The Morgan fingerprint density at radius 3 is 2.46 bits per heavy atom. The summed E-state index contributed by atoms with van der Waals surface area (Å²) in [5.74, 6) is 0.983. The van der Waals surface area contributed by atoms with Gasteiger partial charge in [0, 0.05) is 12.6 Å². The molecule has 1 nitrogen and oxygen atoms in total. The van der Waals surface area contributed by atoms with Crippen molar-refractivity contribution in [3.05, 3.63) is 0 Å². The van der Waals surface area contributed by atoms with Crippen molar-refractivity contribution in [2.75, 3.05) is 13.1 Å². The maximum absolute atomic E-state index is 2.68. The van der Waals surface area contributed by atoms with Crippen LogP contribution in [-0.4, -0.2) is 24.0 Å². The quantitative estimate of drug-likeness (QED) is 0.601. The molecule has 2 fully saturated rings. The van der Waals surface area contributed by atoms with Gasteiger partial charge < -0.3 is 4.90 Å². The molecule has 13 heavy (non-hydrogen) atoms. The Labute approximate surface area is 82.5 Å². The van der Waals surface area contributed by atoms with Gasteiger partial charge in [0.25, 0.3) is 0 Å². The predicted molar refractivity (Wildman–Crippen MR) is 56.8 cm³/mol. The Hall–Kier alpha value is -0.0400. The molecule has 2 aliphatic rings. The molecule has 1 saturated heterocycles. The maximum atomic E-state index is 2.68. The first-order chi connectivity index (χ1) is 6.14. The minimum absolute atomic E-state index is 0.739. The average Bonchev–Trinajstić information content (AvgIpc) is 2.02. The van der Waals surface area contributed by atoms with E-state index in [1.54, 1.807) is 0 Å². The molecule has 2 rings (SSSR count). The Balaban J connectivity index is 2.01. The second kappa shape index (κ2) is 3.27. The SMILES string of the molecule is CC(C)N1CCC(C)C2(CCC2)C1. The number of likely N-dealkylation sites (tertiary alicyclic amines) is 1. The first-order valence-corrected chi connectivity index (χ1v) is 5.88. The van der Waals surface area contributed by atoms with E-state index in [0.29, 0.717) is 0 Å². The molecular formula is C12H23N. The van der Waals surface area contributed by atoms with Crippen molar-refractivity contribution in [1.82, 2.24) is 4.90 Å². The van der Waals surface area contributed by atoms with Crippen LogP contribution in [0.4, 0.5) is 0 Å². The minimum atomic E-state index is 0.739. The van der Waals surface area contributed by atoms with E-state index in [2.05, 4.69) is 25.7 Å².